The van der Waals surface area contributed by atoms with E-state index in [1.54, 1.807) is 44.2 Å². The summed E-state index contributed by atoms with van der Waals surface area (Å²) >= 11 is 12.5. The summed E-state index contributed by atoms with van der Waals surface area (Å²) in [7, 11) is 1.46. The van der Waals surface area contributed by atoms with E-state index in [2.05, 4.69) is 15.6 Å². The smallest absolute Gasteiger partial charge is 0.338 e. The lowest BCUT2D eigenvalue weighted by Gasteiger charge is -2.10. The van der Waals surface area contributed by atoms with E-state index < -0.39 is 11.9 Å². The minimum Gasteiger partial charge on any atom is -0.496 e. The number of anilines is 1. The molecule has 0 fully saturated rings. The largest absolute Gasteiger partial charge is 0.496 e. The molecular formula is C20H18ClN3O4S2. The maximum absolute atomic E-state index is 12.5. The van der Waals surface area contributed by atoms with Gasteiger partial charge in [0.25, 0.3) is 5.91 Å². The van der Waals surface area contributed by atoms with Gasteiger partial charge in [0, 0.05) is 5.02 Å². The lowest BCUT2D eigenvalue weighted by Crippen LogP contribution is -2.34. The van der Waals surface area contributed by atoms with Crippen LogP contribution in [0.5, 0.6) is 5.75 Å². The number of ether oxygens (including phenoxy) is 2. The van der Waals surface area contributed by atoms with Crippen LogP contribution in [-0.4, -0.2) is 35.2 Å². The molecule has 0 saturated heterocycles. The number of nitrogens with zero attached hydrogens (tertiary/aromatic N) is 1. The number of esters is 1. The van der Waals surface area contributed by atoms with Crippen molar-refractivity contribution in [1.82, 2.24) is 10.3 Å². The molecule has 2 N–H and O–H groups in total. The standard InChI is InChI=1S/C20H18ClN3O4S2/c1-10(2)28-18(26)11-4-6-14-16(8-11)30-20(22-14)24-19(29)23-17(25)13-9-12(21)5-7-15(13)27-3/h4-10H,1-3H3,(H2,22,23,24,25,29). The van der Waals surface area contributed by atoms with E-state index in [4.69, 9.17) is 33.3 Å². The van der Waals surface area contributed by atoms with Crippen molar-refractivity contribution in [2.75, 3.05) is 12.4 Å². The number of hydrogen-bond donors (Lipinski definition) is 2. The molecule has 0 atom stereocenters. The number of benzene rings is 2. The molecule has 0 aliphatic rings. The molecule has 7 nitrogen and oxygen atoms in total. The van der Waals surface area contributed by atoms with Crippen molar-refractivity contribution in [1.29, 1.82) is 0 Å². The molecule has 10 heteroatoms. The average molecular weight is 464 g/mol. The number of methoxy groups -OCH3 is 1. The maximum atomic E-state index is 12.5. The van der Waals surface area contributed by atoms with Gasteiger partial charge >= 0.3 is 5.97 Å². The molecule has 0 aliphatic heterocycles. The zero-order chi connectivity index (χ0) is 21.8. The highest BCUT2D eigenvalue weighted by atomic mass is 35.5. The average Bonchev–Trinajstić information content (AvgIpc) is 3.08. The highest BCUT2D eigenvalue weighted by Gasteiger charge is 2.16. The summed E-state index contributed by atoms with van der Waals surface area (Å²) in [5.74, 6) is -0.486. The minimum atomic E-state index is -0.466. The van der Waals surface area contributed by atoms with Gasteiger partial charge in [-0.3, -0.25) is 10.1 Å². The SMILES string of the molecule is COc1ccc(Cl)cc1C(=O)NC(=S)Nc1nc2ccc(C(=O)OC(C)C)cc2s1. The number of carbonyl (C=O) groups excluding carboxylic acids is 2. The Balaban J connectivity index is 1.71. The Morgan fingerprint density at radius 1 is 1.20 bits per heavy atom. The molecule has 156 valence electrons. The van der Waals surface area contributed by atoms with Crippen LogP contribution < -0.4 is 15.4 Å². The Labute approximate surface area is 187 Å². The quantitative estimate of drug-likeness (QED) is 0.420. The fourth-order valence-electron chi connectivity index (χ4n) is 2.54. The second-order valence-electron chi connectivity index (χ2n) is 6.41. The summed E-state index contributed by atoms with van der Waals surface area (Å²) < 4.78 is 11.2. The van der Waals surface area contributed by atoms with Crippen molar-refractivity contribution < 1.29 is 19.1 Å². The molecule has 1 amide bonds. The number of rotatable bonds is 5. The molecule has 0 saturated carbocycles. The Morgan fingerprint density at radius 3 is 2.67 bits per heavy atom. The predicted octanol–water partition coefficient (Wildman–Crippen LogP) is 4.65. The van der Waals surface area contributed by atoms with Crippen LogP contribution in [0.1, 0.15) is 34.6 Å². The fourth-order valence-corrected chi connectivity index (χ4v) is 3.88. The lowest BCUT2D eigenvalue weighted by molar-refractivity contribution is 0.0378. The van der Waals surface area contributed by atoms with Gasteiger partial charge in [-0.1, -0.05) is 22.9 Å². The molecule has 30 heavy (non-hydrogen) atoms. The molecule has 0 spiro atoms. The van der Waals surface area contributed by atoms with Crippen molar-refractivity contribution in [3.05, 3.63) is 52.5 Å². The van der Waals surface area contributed by atoms with Gasteiger partial charge in [0.2, 0.25) is 0 Å². The van der Waals surface area contributed by atoms with Crippen molar-refractivity contribution in [2.45, 2.75) is 20.0 Å². The zero-order valence-electron chi connectivity index (χ0n) is 16.3. The van der Waals surface area contributed by atoms with E-state index >= 15 is 0 Å². The van der Waals surface area contributed by atoms with Crippen molar-refractivity contribution >= 4 is 67.5 Å². The molecule has 1 heterocycles. The molecule has 0 radical (unpaired) electrons. The number of carbonyl (C=O) groups is 2. The second-order valence-corrected chi connectivity index (χ2v) is 8.28. The van der Waals surface area contributed by atoms with Crippen molar-refractivity contribution in [2.24, 2.45) is 0 Å². The number of nitrogens with one attached hydrogen (secondary N) is 2. The van der Waals surface area contributed by atoms with Crippen molar-refractivity contribution in [3.8, 4) is 5.75 Å². The Kier molecular flexibility index (Phi) is 6.86. The van der Waals surface area contributed by atoms with E-state index in [-0.39, 0.29) is 16.8 Å². The first-order valence-corrected chi connectivity index (χ1v) is 10.4. The molecule has 2 aromatic carbocycles. The first-order chi connectivity index (χ1) is 14.3. The third kappa shape index (κ3) is 5.24. The third-order valence-corrected chi connectivity index (χ3v) is 5.19. The van der Waals surface area contributed by atoms with Crippen molar-refractivity contribution in [3.63, 3.8) is 0 Å². The number of amides is 1. The summed E-state index contributed by atoms with van der Waals surface area (Å²) in [6.07, 6.45) is -0.203. The molecule has 3 aromatic rings. The topological polar surface area (TPSA) is 89.5 Å². The van der Waals surface area contributed by atoms with Crippen LogP contribution in [-0.2, 0) is 4.74 Å². The zero-order valence-corrected chi connectivity index (χ0v) is 18.7. The molecule has 0 aliphatic carbocycles. The first kappa shape index (κ1) is 21.9. The first-order valence-electron chi connectivity index (χ1n) is 8.84. The summed E-state index contributed by atoms with van der Waals surface area (Å²) in [5, 5.41) is 6.40. The summed E-state index contributed by atoms with van der Waals surface area (Å²) in [6, 6.07) is 9.81. The highest BCUT2D eigenvalue weighted by Crippen LogP contribution is 2.27. The normalized spacial score (nSPS) is 10.7. The van der Waals surface area contributed by atoms with Gasteiger partial charge in [-0.2, -0.15) is 0 Å². The Bertz CT molecular complexity index is 1130. The van der Waals surface area contributed by atoms with E-state index in [9.17, 15) is 9.59 Å². The monoisotopic (exact) mass is 463 g/mol. The molecule has 1 aromatic heterocycles. The number of halogens is 1. The van der Waals surface area contributed by atoms with Gasteiger partial charge in [0.1, 0.15) is 5.75 Å². The third-order valence-electron chi connectivity index (χ3n) is 3.82. The number of thiocarbonyl (C=S) groups is 1. The summed E-state index contributed by atoms with van der Waals surface area (Å²) in [4.78, 5) is 29.0. The molecule has 0 bridgehead atoms. The van der Waals surface area contributed by atoms with Gasteiger partial charge in [0.05, 0.1) is 34.6 Å². The summed E-state index contributed by atoms with van der Waals surface area (Å²) in [5.41, 5.74) is 1.39. The van der Waals surface area contributed by atoms with Crippen LogP contribution in [0, 0.1) is 0 Å². The predicted molar refractivity (Wildman–Crippen MR) is 122 cm³/mol. The Hall–Kier alpha value is -2.75. The molecule has 3 rings (SSSR count). The van der Waals surface area contributed by atoms with Gasteiger partial charge in [-0.25, -0.2) is 9.78 Å². The van der Waals surface area contributed by atoms with Crippen LogP contribution in [0.4, 0.5) is 5.13 Å². The van der Waals surface area contributed by atoms with Gasteiger partial charge in [0.15, 0.2) is 10.2 Å². The van der Waals surface area contributed by atoms with Gasteiger partial charge in [-0.15, -0.1) is 0 Å². The van der Waals surface area contributed by atoms with E-state index in [1.807, 2.05) is 0 Å². The van der Waals surface area contributed by atoms with E-state index in [0.717, 1.165) is 4.70 Å². The maximum Gasteiger partial charge on any atom is 0.338 e. The van der Waals surface area contributed by atoms with Crippen LogP contribution in [0.3, 0.4) is 0 Å². The van der Waals surface area contributed by atoms with Gasteiger partial charge < -0.3 is 14.8 Å². The van der Waals surface area contributed by atoms with Crippen LogP contribution in [0.2, 0.25) is 5.02 Å². The second kappa shape index (κ2) is 9.38. The van der Waals surface area contributed by atoms with Gasteiger partial charge in [-0.05, 0) is 62.5 Å². The van der Waals surface area contributed by atoms with E-state index in [0.29, 0.717) is 27.0 Å². The highest BCUT2D eigenvalue weighted by molar-refractivity contribution is 7.80. The number of aromatic nitrogens is 1. The minimum absolute atomic E-state index is 0.0699. The van der Waals surface area contributed by atoms with Crippen LogP contribution in [0.15, 0.2) is 36.4 Å². The number of hydrogen-bond acceptors (Lipinski definition) is 7. The number of thiazole rings is 1. The molecular weight excluding hydrogens is 446 g/mol. The van der Waals surface area contributed by atoms with Crippen LogP contribution in [0.25, 0.3) is 10.2 Å². The van der Waals surface area contributed by atoms with Crippen LogP contribution >= 0.6 is 35.2 Å². The molecule has 0 unspecified atom stereocenters. The number of fused-ring (bicyclic) bond motifs is 1. The van der Waals surface area contributed by atoms with E-state index in [1.165, 1.54) is 24.5 Å². The lowest BCUT2D eigenvalue weighted by atomic mass is 10.2. The fraction of sp³-hybridized carbons (Fsp3) is 0.200. The summed E-state index contributed by atoms with van der Waals surface area (Å²) in [6.45, 7) is 3.58. The Morgan fingerprint density at radius 2 is 1.97 bits per heavy atom.